The normalized spacial score (nSPS) is 11.6. The molecule has 2 amide bonds. The molecular weight excluding hydrogens is 376 g/mol. The third-order valence-corrected chi connectivity index (χ3v) is 4.07. The zero-order valence-corrected chi connectivity index (χ0v) is 16.1. The predicted octanol–water partition coefficient (Wildman–Crippen LogP) is 1.60. The SMILES string of the molecule is COc1ccc(NC(C)=O)cc1NC(=O)C(C)n1nc(-n2cccn2)ccc1=O. The van der Waals surface area contributed by atoms with Gasteiger partial charge in [-0.15, -0.1) is 5.10 Å². The van der Waals surface area contributed by atoms with E-state index in [0.717, 1.165) is 4.68 Å². The number of benzene rings is 1. The van der Waals surface area contributed by atoms with Crippen LogP contribution in [0.15, 0.2) is 53.6 Å². The fraction of sp³-hybridized carbons (Fsp3) is 0.211. The van der Waals surface area contributed by atoms with E-state index in [-0.39, 0.29) is 5.91 Å². The highest BCUT2D eigenvalue weighted by Gasteiger charge is 2.20. The molecule has 2 aromatic heterocycles. The molecule has 0 saturated carbocycles. The van der Waals surface area contributed by atoms with Crippen molar-refractivity contribution in [2.45, 2.75) is 19.9 Å². The summed E-state index contributed by atoms with van der Waals surface area (Å²) in [4.78, 5) is 36.3. The monoisotopic (exact) mass is 396 g/mol. The molecule has 0 radical (unpaired) electrons. The second kappa shape index (κ2) is 8.38. The van der Waals surface area contributed by atoms with Crippen LogP contribution in [-0.2, 0) is 9.59 Å². The minimum absolute atomic E-state index is 0.244. The highest BCUT2D eigenvalue weighted by atomic mass is 16.5. The van der Waals surface area contributed by atoms with Crippen LogP contribution in [0.2, 0.25) is 0 Å². The largest absolute Gasteiger partial charge is 0.495 e. The number of methoxy groups -OCH3 is 1. The molecule has 0 bridgehead atoms. The third-order valence-electron chi connectivity index (χ3n) is 4.07. The predicted molar refractivity (Wildman–Crippen MR) is 106 cm³/mol. The van der Waals surface area contributed by atoms with Gasteiger partial charge < -0.3 is 15.4 Å². The average molecular weight is 396 g/mol. The Labute approximate surface area is 166 Å². The fourth-order valence-corrected chi connectivity index (χ4v) is 2.65. The highest BCUT2D eigenvalue weighted by Crippen LogP contribution is 2.28. The number of aromatic nitrogens is 4. The van der Waals surface area contributed by atoms with Crippen LogP contribution in [0, 0.1) is 0 Å². The summed E-state index contributed by atoms with van der Waals surface area (Å²) < 4.78 is 7.83. The second-order valence-electron chi connectivity index (χ2n) is 6.19. The summed E-state index contributed by atoms with van der Waals surface area (Å²) in [6.45, 7) is 2.94. The molecule has 1 unspecified atom stereocenters. The van der Waals surface area contributed by atoms with Gasteiger partial charge in [-0.3, -0.25) is 14.4 Å². The lowest BCUT2D eigenvalue weighted by Gasteiger charge is -2.17. The highest BCUT2D eigenvalue weighted by molar-refractivity contribution is 5.96. The van der Waals surface area contributed by atoms with Gasteiger partial charge in [-0.2, -0.15) is 5.10 Å². The lowest BCUT2D eigenvalue weighted by Crippen LogP contribution is -2.33. The number of ether oxygens (including phenoxy) is 1. The number of carbonyl (C=O) groups is 2. The van der Waals surface area contributed by atoms with E-state index in [0.29, 0.717) is 22.9 Å². The summed E-state index contributed by atoms with van der Waals surface area (Å²) in [6.07, 6.45) is 3.27. The Kier molecular flexibility index (Phi) is 5.72. The molecule has 2 heterocycles. The maximum Gasteiger partial charge on any atom is 0.267 e. The van der Waals surface area contributed by atoms with Crippen molar-refractivity contribution in [1.82, 2.24) is 19.6 Å². The Hall–Kier alpha value is -3.95. The van der Waals surface area contributed by atoms with Gasteiger partial charge in [0.1, 0.15) is 11.8 Å². The minimum atomic E-state index is -0.910. The first-order chi connectivity index (χ1) is 13.9. The summed E-state index contributed by atoms with van der Waals surface area (Å²) in [5.74, 6) is 0.0900. The van der Waals surface area contributed by atoms with Crippen LogP contribution in [-0.4, -0.2) is 38.5 Å². The maximum atomic E-state index is 12.8. The van der Waals surface area contributed by atoms with Crippen molar-refractivity contribution >= 4 is 23.2 Å². The molecule has 3 rings (SSSR count). The molecule has 1 aromatic carbocycles. The van der Waals surface area contributed by atoms with Gasteiger partial charge in [0.05, 0.1) is 12.8 Å². The first kappa shape index (κ1) is 19.8. The van der Waals surface area contributed by atoms with Gasteiger partial charge in [0.15, 0.2) is 5.82 Å². The lowest BCUT2D eigenvalue weighted by atomic mass is 10.2. The van der Waals surface area contributed by atoms with Gasteiger partial charge in [0.2, 0.25) is 11.8 Å². The smallest absolute Gasteiger partial charge is 0.267 e. The van der Waals surface area contributed by atoms with E-state index in [1.165, 1.54) is 30.8 Å². The van der Waals surface area contributed by atoms with Gasteiger partial charge in [-0.25, -0.2) is 9.36 Å². The molecule has 0 aliphatic rings. The van der Waals surface area contributed by atoms with Crippen molar-refractivity contribution < 1.29 is 14.3 Å². The van der Waals surface area contributed by atoms with Crippen LogP contribution in [0.1, 0.15) is 19.9 Å². The number of carbonyl (C=O) groups excluding carboxylic acids is 2. The van der Waals surface area contributed by atoms with Crippen LogP contribution in [0.3, 0.4) is 0 Å². The van der Waals surface area contributed by atoms with Gasteiger partial charge in [-0.1, -0.05) is 0 Å². The molecule has 29 heavy (non-hydrogen) atoms. The van der Waals surface area contributed by atoms with Crippen LogP contribution in [0.25, 0.3) is 5.82 Å². The first-order valence-electron chi connectivity index (χ1n) is 8.75. The van der Waals surface area contributed by atoms with Crippen LogP contribution in [0.4, 0.5) is 11.4 Å². The molecule has 0 spiro atoms. The molecule has 2 N–H and O–H groups in total. The molecule has 0 aliphatic carbocycles. The Morgan fingerprint density at radius 2 is 1.97 bits per heavy atom. The Morgan fingerprint density at radius 1 is 1.17 bits per heavy atom. The molecule has 1 atom stereocenters. The second-order valence-corrected chi connectivity index (χ2v) is 6.19. The zero-order chi connectivity index (χ0) is 21.0. The summed E-state index contributed by atoms with van der Waals surface area (Å²) >= 11 is 0. The molecule has 0 saturated heterocycles. The topological polar surface area (TPSA) is 120 Å². The third kappa shape index (κ3) is 4.49. The van der Waals surface area contributed by atoms with Crippen molar-refractivity contribution in [3.8, 4) is 11.6 Å². The Bertz CT molecular complexity index is 1090. The van der Waals surface area contributed by atoms with Gasteiger partial charge >= 0.3 is 0 Å². The van der Waals surface area contributed by atoms with E-state index >= 15 is 0 Å². The molecule has 10 heteroatoms. The molecule has 150 valence electrons. The van der Waals surface area contributed by atoms with E-state index < -0.39 is 17.5 Å². The molecule has 0 aliphatic heterocycles. The van der Waals surface area contributed by atoms with E-state index in [4.69, 9.17) is 4.74 Å². The van der Waals surface area contributed by atoms with E-state index in [1.807, 2.05) is 0 Å². The average Bonchev–Trinajstić information content (AvgIpc) is 3.22. The van der Waals surface area contributed by atoms with Crippen molar-refractivity contribution in [1.29, 1.82) is 0 Å². The first-order valence-corrected chi connectivity index (χ1v) is 8.75. The standard InChI is InChI=1S/C19H20N6O4/c1-12(25-18(27)8-7-17(23-25)24-10-4-9-20-24)19(28)22-15-11-14(21-13(2)26)5-6-16(15)29-3/h4-12H,1-3H3,(H,21,26)(H,22,28). The fourth-order valence-electron chi connectivity index (χ4n) is 2.65. The molecule has 0 fully saturated rings. The summed E-state index contributed by atoms with van der Waals surface area (Å²) in [5, 5.41) is 13.7. The maximum absolute atomic E-state index is 12.8. The van der Waals surface area contributed by atoms with Gasteiger partial charge in [0.25, 0.3) is 5.56 Å². The lowest BCUT2D eigenvalue weighted by molar-refractivity contribution is -0.119. The molecule has 10 nitrogen and oxygen atoms in total. The summed E-state index contributed by atoms with van der Waals surface area (Å²) in [6, 6.07) is 8.50. The van der Waals surface area contributed by atoms with Gasteiger partial charge in [0, 0.05) is 31.1 Å². The van der Waals surface area contributed by atoms with Crippen LogP contribution in [0.5, 0.6) is 5.75 Å². The van der Waals surface area contributed by atoms with Crippen LogP contribution >= 0.6 is 0 Å². The quantitative estimate of drug-likeness (QED) is 0.653. The number of amides is 2. The van der Waals surface area contributed by atoms with Crippen molar-refractivity contribution in [3.63, 3.8) is 0 Å². The van der Waals surface area contributed by atoms with Crippen molar-refractivity contribution in [2.75, 3.05) is 17.7 Å². The van der Waals surface area contributed by atoms with E-state index in [1.54, 1.807) is 43.6 Å². The Morgan fingerprint density at radius 3 is 2.62 bits per heavy atom. The Balaban J connectivity index is 1.87. The number of hydrogen-bond acceptors (Lipinski definition) is 6. The number of anilines is 2. The number of hydrogen-bond donors (Lipinski definition) is 2. The molecule has 3 aromatic rings. The number of nitrogens with zero attached hydrogens (tertiary/aromatic N) is 4. The van der Waals surface area contributed by atoms with Crippen molar-refractivity contribution in [3.05, 3.63) is 59.1 Å². The summed E-state index contributed by atoms with van der Waals surface area (Å²) in [7, 11) is 1.46. The van der Waals surface area contributed by atoms with E-state index in [9.17, 15) is 14.4 Å². The number of nitrogens with one attached hydrogen (secondary N) is 2. The minimum Gasteiger partial charge on any atom is -0.495 e. The summed E-state index contributed by atoms with van der Waals surface area (Å²) in [5.41, 5.74) is 0.423. The molecular formula is C19H20N6O4. The zero-order valence-electron chi connectivity index (χ0n) is 16.1. The van der Waals surface area contributed by atoms with E-state index in [2.05, 4.69) is 20.8 Å². The van der Waals surface area contributed by atoms with Crippen molar-refractivity contribution in [2.24, 2.45) is 0 Å². The number of rotatable bonds is 6. The van der Waals surface area contributed by atoms with Crippen LogP contribution < -0.4 is 20.9 Å². The van der Waals surface area contributed by atoms with Gasteiger partial charge in [-0.05, 0) is 37.3 Å².